The number of nitrogens with one attached hydrogen (secondary N) is 2. The molecule has 1 aromatic carbocycles. The van der Waals surface area contributed by atoms with Crippen LogP contribution < -0.4 is 20.1 Å². The van der Waals surface area contributed by atoms with Crippen LogP contribution in [0.15, 0.2) is 18.2 Å². The van der Waals surface area contributed by atoms with Gasteiger partial charge < -0.3 is 20.1 Å². The minimum absolute atomic E-state index is 0.175. The molecule has 0 unspecified atom stereocenters. The topological polar surface area (TPSA) is 76.7 Å². The van der Waals surface area contributed by atoms with Gasteiger partial charge >= 0.3 is 11.8 Å². The highest BCUT2D eigenvalue weighted by Gasteiger charge is 2.18. The van der Waals surface area contributed by atoms with Crippen molar-refractivity contribution >= 4 is 17.5 Å². The number of hydrogen-bond acceptors (Lipinski definition) is 4. The molecule has 1 aliphatic carbocycles. The maximum absolute atomic E-state index is 11.8. The molecule has 0 radical (unpaired) electrons. The van der Waals surface area contributed by atoms with Crippen molar-refractivity contribution in [3.05, 3.63) is 18.2 Å². The number of carbonyl (C=O) groups excluding carboxylic acids is 2. The van der Waals surface area contributed by atoms with Crippen molar-refractivity contribution in [3.63, 3.8) is 0 Å². The molecule has 0 aromatic heterocycles. The normalized spacial score (nSPS) is 16.5. The molecule has 6 heteroatoms. The van der Waals surface area contributed by atoms with Crippen LogP contribution in [0.4, 0.5) is 5.69 Å². The van der Waals surface area contributed by atoms with Gasteiger partial charge in [0.05, 0.1) is 0 Å². The van der Waals surface area contributed by atoms with E-state index in [1.54, 1.807) is 18.2 Å². The smallest absolute Gasteiger partial charge is 0.313 e. The fourth-order valence-electron chi connectivity index (χ4n) is 2.93. The van der Waals surface area contributed by atoms with Crippen molar-refractivity contribution < 1.29 is 19.1 Å². The molecule has 0 spiro atoms. The Morgan fingerprint density at radius 3 is 2.68 bits per heavy atom. The average Bonchev–Trinajstić information content (AvgIpc) is 3.17. The maximum atomic E-state index is 11.8. The summed E-state index contributed by atoms with van der Waals surface area (Å²) in [5, 5.41) is 5.24. The first kappa shape index (κ1) is 14.7. The van der Waals surface area contributed by atoms with Gasteiger partial charge in [0.15, 0.2) is 11.5 Å². The van der Waals surface area contributed by atoms with Gasteiger partial charge in [-0.2, -0.15) is 0 Å². The Morgan fingerprint density at radius 2 is 1.86 bits per heavy atom. The number of fused-ring (bicyclic) bond motifs is 1. The molecule has 1 saturated carbocycles. The molecule has 0 bridgehead atoms. The van der Waals surface area contributed by atoms with E-state index in [9.17, 15) is 9.59 Å². The van der Waals surface area contributed by atoms with E-state index < -0.39 is 11.8 Å². The van der Waals surface area contributed by atoms with Crippen LogP contribution in [0.1, 0.15) is 32.1 Å². The standard InChI is InChI=1S/C16H20N2O4/c19-15(17-8-7-11-3-1-2-4-11)16(20)18-12-5-6-13-14(9-12)22-10-21-13/h5-6,9,11H,1-4,7-8,10H2,(H,17,19)(H,18,20). The van der Waals surface area contributed by atoms with Crippen molar-refractivity contribution in [3.8, 4) is 11.5 Å². The van der Waals surface area contributed by atoms with Crippen LogP contribution in [0.25, 0.3) is 0 Å². The van der Waals surface area contributed by atoms with Gasteiger partial charge in [0.25, 0.3) is 0 Å². The molecule has 6 nitrogen and oxygen atoms in total. The quantitative estimate of drug-likeness (QED) is 0.835. The molecule has 3 rings (SSSR count). The lowest BCUT2D eigenvalue weighted by Crippen LogP contribution is -2.36. The lowest BCUT2D eigenvalue weighted by Gasteiger charge is -2.10. The van der Waals surface area contributed by atoms with Crippen molar-refractivity contribution in [1.82, 2.24) is 5.32 Å². The summed E-state index contributed by atoms with van der Waals surface area (Å²) in [4.78, 5) is 23.6. The Labute approximate surface area is 129 Å². The zero-order valence-electron chi connectivity index (χ0n) is 12.4. The van der Waals surface area contributed by atoms with Gasteiger partial charge in [-0.05, 0) is 24.5 Å². The summed E-state index contributed by atoms with van der Waals surface area (Å²) in [6.07, 6.45) is 5.98. The molecule has 1 fully saturated rings. The van der Waals surface area contributed by atoms with E-state index in [2.05, 4.69) is 10.6 Å². The molecule has 2 N–H and O–H groups in total. The molecule has 1 heterocycles. The lowest BCUT2D eigenvalue weighted by molar-refractivity contribution is -0.136. The van der Waals surface area contributed by atoms with E-state index in [1.807, 2.05) is 0 Å². The number of amides is 2. The predicted molar refractivity (Wildman–Crippen MR) is 80.8 cm³/mol. The maximum Gasteiger partial charge on any atom is 0.313 e. The Morgan fingerprint density at radius 1 is 1.09 bits per heavy atom. The van der Waals surface area contributed by atoms with Gasteiger partial charge in [-0.25, -0.2) is 0 Å². The SMILES string of the molecule is O=C(NCCC1CCCC1)C(=O)Nc1ccc2c(c1)OCO2. The monoisotopic (exact) mass is 304 g/mol. The number of benzene rings is 1. The van der Waals surface area contributed by atoms with E-state index >= 15 is 0 Å². The van der Waals surface area contributed by atoms with E-state index in [-0.39, 0.29) is 6.79 Å². The van der Waals surface area contributed by atoms with Gasteiger partial charge in [0.2, 0.25) is 6.79 Å². The summed E-state index contributed by atoms with van der Waals surface area (Å²) in [5.74, 6) is 0.636. The second kappa shape index (κ2) is 6.68. The average molecular weight is 304 g/mol. The fourth-order valence-corrected chi connectivity index (χ4v) is 2.93. The third-order valence-corrected chi connectivity index (χ3v) is 4.15. The molecular weight excluding hydrogens is 284 g/mol. The summed E-state index contributed by atoms with van der Waals surface area (Å²) in [5.41, 5.74) is 0.514. The molecule has 2 aliphatic rings. The van der Waals surface area contributed by atoms with Crippen molar-refractivity contribution in [2.24, 2.45) is 5.92 Å². The van der Waals surface area contributed by atoms with E-state index in [4.69, 9.17) is 9.47 Å². The number of anilines is 1. The van der Waals surface area contributed by atoms with Crippen LogP contribution in [0.5, 0.6) is 11.5 Å². The number of rotatable bonds is 4. The number of hydrogen-bond donors (Lipinski definition) is 2. The number of ether oxygens (including phenoxy) is 2. The summed E-state index contributed by atoms with van der Waals surface area (Å²) >= 11 is 0. The van der Waals surface area contributed by atoms with Crippen LogP contribution in [0.2, 0.25) is 0 Å². The second-order valence-electron chi connectivity index (χ2n) is 5.72. The highest BCUT2D eigenvalue weighted by molar-refractivity contribution is 6.39. The molecule has 118 valence electrons. The van der Waals surface area contributed by atoms with Crippen LogP contribution in [-0.2, 0) is 9.59 Å². The Balaban J connectivity index is 1.45. The Bertz CT molecular complexity index is 567. The second-order valence-corrected chi connectivity index (χ2v) is 5.72. The van der Waals surface area contributed by atoms with Gasteiger partial charge in [0.1, 0.15) is 0 Å². The van der Waals surface area contributed by atoms with Crippen LogP contribution >= 0.6 is 0 Å². The summed E-state index contributed by atoms with van der Waals surface area (Å²) in [6.45, 7) is 0.729. The van der Waals surface area contributed by atoms with E-state index in [0.717, 1.165) is 6.42 Å². The molecule has 2 amide bonds. The van der Waals surface area contributed by atoms with Gasteiger partial charge in [-0.1, -0.05) is 25.7 Å². The minimum atomic E-state index is -0.662. The van der Waals surface area contributed by atoms with Crippen molar-refractivity contribution in [1.29, 1.82) is 0 Å². The largest absolute Gasteiger partial charge is 0.454 e. The van der Waals surface area contributed by atoms with Crippen LogP contribution in [0.3, 0.4) is 0 Å². The zero-order chi connectivity index (χ0) is 15.4. The highest BCUT2D eigenvalue weighted by atomic mass is 16.7. The van der Waals surface area contributed by atoms with Crippen molar-refractivity contribution in [2.75, 3.05) is 18.7 Å². The molecule has 1 aromatic rings. The third-order valence-electron chi connectivity index (χ3n) is 4.15. The Hall–Kier alpha value is -2.24. The summed E-state index contributed by atoms with van der Waals surface area (Å²) < 4.78 is 10.4. The highest BCUT2D eigenvalue weighted by Crippen LogP contribution is 2.34. The Kier molecular flexibility index (Phi) is 4.46. The molecule has 0 saturated heterocycles. The van der Waals surface area contributed by atoms with E-state index in [1.165, 1.54) is 25.7 Å². The predicted octanol–water partition coefficient (Wildman–Crippen LogP) is 2.05. The van der Waals surface area contributed by atoms with Gasteiger partial charge in [-0.3, -0.25) is 9.59 Å². The summed E-state index contributed by atoms with van der Waals surface area (Å²) in [6, 6.07) is 5.03. The van der Waals surface area contributed by atoms with Crippen LogP contribution in [0, 0.1) is 5.92 Å². The minimum Gasteiger partial charge on any atom is -0.454 e. The molecule has 0 atom stereocenters. The first-order valence-electron chi connectivity index (χ1n) is 7.71. The molecular formula is C16H20N2O4. The van der Waals surface area contributed by atoms with Gasteiger partial charge in [-0.15, -0.1) is 0 Å². The molecule has 1 aliphatic heterocycles. The van der Waals surface area contributed by atoms with Gasteiger partial charge in [0, 0.05) is 18.3 Å². The zero-order valence-corrected chi connectivity index (χ0v) is 12.4. The molecule has 22 heavy (non-hydrogen) atoms. The third kappa shape index (κ3) is 3.50. The fraction of sp³-hybridized carbons (Fsp3) is 0.500. The number of carbonyl (C=O) groups is 2. The van der Waals surface area contributed by atoms with E-state index in [0.29, 0.717) is 29.6 Å². The first-order chi connectivity index (χ1) is 10.7. The lowest BCUT2D eigenvalue weighted by atomic mass is 10.0. The summed E-state index contributed by atoms with van der Waals surface area (Å²) in [7, 11) is 0. The first-order valence-corrected chi connectivity index (χ1v) is 7.71. The van der Waals surface area contributed by atoms with Crippen molar-refractivity contribution in [2.45, 2.75) is 32.1 Å². The van der Waals surface area contributed by atoms with Crippen LogP contribution in [-0.4, -0.2) is 25.2 Å².